The Labute approximate surface area is 124 Å². The van der Waals surface area contributed by atoms with Crippen molar-refractivity contribution in [3.8, 4) is 0 Å². The Morgan fingerprint density at radius 1 is 1.35 bits per heavy atom. The molecule has 0 spiro atoms. The van der Waals surface area contributed by atoms with Crippen LogP contribution in [0.1, 0.15) is 31.6 Å². The molecule has 7 heteroatoms. The predicted octanol–water partition coefficient (Wildman–Crippen LogP) is 3.45. The molecule has 0 aliphatic rings. The van der Waals surface area contributed by atoms with Crippen LogP contribution in [0.25, 0.3) is 0 Å². The summed E-state index contributed by atoms with van der Waals surface area (Å²) < 4.78 is 15.5. The minimum absolute atomic E-state index is 0.0633. The average Bonchev–Trinajstić information content (AvgIpc) is 3.01. The van der Waals surface area contributed by atoms with Crippen molar-refractivity contribution in [3.05, 3.63) is 44.5 Å². The first-order valence-corrected chi connectivity index (χ1v) is 6.80. The van der Waals surface area contributed by atoms with Gasteiger partial charge in [0.2, 0.25) is 0 Å². The van der Waals surface area contributed by atoms with Gasteiger partial charge >= 0.3 is 11.9 Å². The minimum atomic E-state index is -0.492. The maximum Gasteiger partial charge on any atom is 0.348 e. The molecule has 2 heterocycles. The van der Waals surface area contributed by atoms with Crippen LogP contribution in [-0.2, 0) is 16.1 Å². The maximum absolute atomic E-state index is 11.7. The topological polar surface area (TPSA) is 65.7 Å². The quantitative estimate of drug-likeness (QED) is 0.809. The predicted molar refractivity (Wildman–Crippen MR) is 73.2 cm³/mol. The van der Waals surface area contributed by atoms with Gasteiger partial charge in [0.1, 0.15) is 28.6 Å². The largest absolute Gasteiger partial charge is 0.465 e. The average molecular weight is 315 g/mol. The van der Waals surface area contributed by atoms with Crippen LogP contribution in [0.3, 0.4) is 0 Å². The summed E-state index contributed by atoms with van der Waals surface area (Å²) in [5.74, 6) is -0.189. The van der Waals surface area contributed by atoms with Gasteiger partial charge in [-0.3, -0.25) is 0 Å². The summed E-state index contributed by atoms with van der Waals surface area (Å²) >= 11 is 6.87. The third kappa shape index (κ3) is 3.20. The fraction of sp³-hybridized carbons (Fsp3) is 0.231. The van der Waals surface area contributed by atoms with E-state index in [-0.39, 0.29) is 6.61 Å². The molecule has 0 unspecified atom stereocenters. The van der Waals surface area contributed by atoms with Gasteiger partial charge in [-0.15, -0.1) is 11.3 Å². The van der Waals surface area contributed by atoms with E-state index in [1.807, 2.05) is 0 Å². The highest BCUT2D eigenvalue weighted by molar-refractivity contribution is 7.17. The molecule has 0 amide bonds. The Morgan fingerprint density at radius 2 is 2.10 bits per heavy atom. The number of hydrogen-bond donors (Lipinski definition) is 0. The molecule has 0 aliphatic carbocycles. The molecule has 0 bridgehead atoms. The van der Waals surface area contributed by atoms with Crippen molar-refractivity contribution in [2.75, 3.05) is 7.11 Å². The van der Waals surface area contributed by atoms with Gasteiger partial charge in [-0.1, -0.05) is 11.6 Å². The summed E-state index contributed by atoms with van der Waals surface area (Å²) in [4.78, 5) is 23.5. The lowest BCUT2D eigenvalue weighted by Crippen LogP contribution is -2.03. The van der Waals surface area contributed by atoms with Gasteiger partial charge in [-0.25, -0.2) is 9.59 Å². The molecule has 0 atom stereocenters. The van der Waals surface area contributed by atoms with E-state index in [4.69, 9.17) is 20.8 Å². The van der Waals surface area contributed by atoms with Gasteiger partial charge in [-0.05, 0) is 25.1 Å². The van der Waals surface area contributed by atoms with Crippen molar-refractivity contribution in [1.82, 2.24) is 0 Å². The van der Waals surface area contributed by atoms with Crippen molar-refractivity contribution in [1.29, 1.82) is 0 Å². The molecular formula is C13H11ClO5S. The highest BCUT2D eigenvalue weighted by atomic mass is 35.5. The maximum atomic E-state index is 11.7. The molecule has 0 fully saturated rings. The monoisotopic (exact) mass is 314 g/mol. The molecule has 2 rings (SSSR count). The van der Waals surface area contributed by atoms with Crippen molar-refractivity contribution in [3.63, 3.8) is 0 Å². The summed E-state index contributed by atoms with van der Waals surface area (Å²) in [5.41, 5.74) is 0.317. The lowest BCUT2D eigenvalue weighted by atomic mass is 10.2. The highest BCUT2D eigenvalue weighted by Crippen LogP contribution is 2.23. The fourth-order valence-corrected chi connectivity index (χ4v) is 2.50. The van der Waals surface area contributed by atoms with Gasteiger partial charge in [0.05, 0.1) is 11.4 Å². The second kappa shape index (κ2) is 6.11. The second-order valence-corrected chi connectivity index (χ2v) is 5.57. The van der Waals surface area contributed by atoms with E-state index in [9.17, 15) is 9.59 Å². The number of rotatable bonds is 4. The summed E-state index contributed by atoms with van der Waals surface area (Å²) in [7, 11) is 1.29. The van der Waals surface area contributed by atoms with Crippen LogP contribution < -0.4 is 0 Å². The van der Waals surface area contributed by atoms with Gasteiger partial charge < -0.3 is 13.9 Å². The lowest BCUT2D eigenvalue weighted by molar-refractivity contribution is 0.0449. The minimum Gasteiger partial charge on any atom is -0.465 e. The molecule has 0 saturated heterocycles. The van der Waals surface area contributed by atoms with Crippen LogP contribution in [-0.4, -0.2) is 19.0 Å². The summed E-state index contributed by atoms with van der Waals surface area (Å²) in [6.07, 6.45) is 0. The number of esters is 2. The number of carbonyl (C=O) groups excluding carboxylic acids is 2. The summed E-state index contributed by atoms with van der Waals surface area (Å²) in [6, 6.07) is 4.70. The number of methoxy groups -OCH3 is 1. The zero-order valence-electron chi connectivity index (χ0n) is 10.8. The SMILES string of the molecule is COC(=O)c1cc(COC(=O)c2ccc(Cl)s2)oc1C. The van der Waals surface area contributed by atoms with Crippen molar-refractivity contribution in [2.24, 2.45) is 0 Å². The van der Waals surface area contributed by atoms with Gasteiger partial charge in [0, 0.05) is 0 Å². The normalized spacial score (nSPS) is 10.3. The Morgan fingerprint density at radius 3 is 2.70 bits per heavy atom. The van der Waals surface area contributed by atoms with Crippen LogP contribution in [0.5, 0.6) is 0 Å². The van der Waals surface area contributed by atoms with E-state index in [0.29, 0.717) is 26.3 Å². The Kier molecular flexibility index (Phi) is 4.46. The van der Waals surface area contributed by atoms with E-state index in [2.05, 4.69) is 4.74 Å². The van der Waals surface area contributed by atoms with Gasteiger partial charge in [0.15, 0.2) is 0 Å². The highest BCUT2D eigenvalue weighted by Gasteiger charge is 2.17. The number of thiophene rings is 1. The van der Waals surface area contributed by atoms with E-state index in [0.717, 1.165) is 11.3 Å². The zero-order chi connectivity index (χ0) is 14.7. The number of furan rings is 1. The van der Waals surface area contributed by atoms with E-state index in [1.165, 1.54) is 13.2 Å². The molecule has 0 saturated carbocycles. The van der Waals surface area contributed by atoms with Gasteiger partial charge in [0.25, 0.3) is 0 Å². The first kappa shape index (κ1) is 14.6. The Bertz CT molecular complexity index is 643. The Balaban J connectivity index is 2.01. The standard InChI is InChI=1S/C13H11ClO5S/c1-7-9(12(15)17-2)5-8(19-7)6-18-13(16)10-3-4-11(14)20-10/h3-5H,6H2,1-2H3. The third-order valence-electron chi connectivity index (χ3n) is 2.49. The van der Waals surface area contributed by atoms with Crippen LogP contribution in [0.2, 0.25) is 4.34 Å². The first-order chi connectivity index (χ1) is 9.51. The molecule has 20 heavy (non-hydrogen) atoms. The summed E-state index contributed by atoms with van der Waals surface area (Å²) in [5, 5.41) is 0. The van der Waals surface area contributed by atoms with Crippen LogP contribution in [0.15, 0.2) is 22.6 Å². The third-order valence-corrected chi connectivity index (χ3v) is 3.71. The summed E-state index contributed by atoms with van der Waals surface area (Å²) in [6.45, 7) is 1.57. The lowest BCUT2D eigenvalue weighted by Gasteiger charge is -1.99. The fourth-order valence-electron chi connectivity index (χ4n) is 1.56. The molecule has 2 aromatic rings. The number of ether oxygens (including phenoxy) is 2. The molecule has 106 valence electrons. The number of hydrogen-bond acceptors (Lipinski definition) is 6. The van der Waals surface area contributed by atoms with Crippen LogP contribution in [0.4, 0.5) is 0 Å². The molecule has 5 nitrogen and oxygen atoms in total. The number of carbonyl (C=O) groups is 2. The van der Waals surface area contributed by atoms with Crippen molar-refractivity contribution in [2.45, 2.75) is 13.5 Å². The van der Waals surface area contributed by atoms with Crippen LogP contribution in [0, 0.1) is 6.92 Å². The molecule has 0 radical (unpaired) electrons. The zero-order valence-corrected chi connectivity index (χ0v) is 12.3. The van der Waals surface area contributed by atoms with E-state index < -0.39 is 11.9 Å². The number of halogens is 1. The van der Waals surface area contributed by atoms with E-state index >= 15 is 0 Å². The van der Waals surface area contributed by atoms with Crippen molar-refractivity contribution < 1.29 is 23.5 Å². The van der Waals surface area contributed by atoms with Crippen molar-refractivity contribution >= 4 is 34.9 Å². The molecule has 0 aromatic carbocycles. The first-order valence-electron chi connectivity index (χ1n) is 5.61. The Hall–Kier alpha value is -1.79. The molecule has 2 aromatic heterocycles. The smallest absolute Gasteiger partial charge is 0.348 e. The van der Waals surface area contributed by atoms with E-state index in [1.54, 1.807) is 19.1 Å². The molecule has 0 aliphatic heterocycles. The van der Waals surface area contributed by atoms with Gasteiger partial charge in [-0.2, -0.15) is 0 Å². The molecular weight excluding hydrogens is 304 g/mol. The number of aryl methyl sites for hydroxylation is 1. The second-order valence-electron chi connectivity index (χ2n) is 3.85. The molecule has 0 N–H and O–H groups in total. The van der Waals surface area contributed by atoms with Crippen LogP contribution >= 0.6 is 22.9 Å².